The first-order valence-electron chi connectivity index (χ1n) is 8.40. The van der Waals surface area contributed by atoms with E-state index >= 15 is 0 Å². The Labute approximate surface area is 155 Å². The predicted molar refractivity (Wildman–Crippen MR) is 104 cm³/mol. The zero-order chi connectivity index (χ0) is 18.1. The summed E-state index contributed by atoms with van der Waals surface area (Å²) in [5, 5.41) is 0. The molecule has 0 bridgehead atoms. The van der Waals surface area contributed by atoms with Crippen LogP contribution in [0.3, 0.4) is 0 Å². The second-order valence-electron chi connectivity index (χ2n) is 6.19. The molecule has 0 saturated carbocycles. The van der Waals surface area contributed by atoms with E-state index in [1.54, 1.807) is 7.11 Å². The number of hydrogen-bond acceptors (Lipinski definition) is 3. The monoisotopic (exact) mass is 365 g/mol. The van der Waals surface area contributed by atoms with E-state index < -0.39 is 11.3 Å². The van der Waals surface area contributed by atoms with Crippen molar-refractivity contribution in [1.29, 1.82) is 0 Å². The highest BCUT2D eigenvalue weighted by Gasteiger charge is 2.25. The Morgan fingerprint density at radius 3 is 2.46 bits per heavy atom. The smallest absolute Gasteiger partial charge is 0.288 e. The fourth-order valence-electron chi connectivity index (χ4n) is 3.17. The molecule has 0 saturated heterocycles. The van der Waals surface area contributed by atoms with Crippen LogP contribution in [0.2, 0.25) is 0 Å². The molecule has 4 nitrogen and oxygen atoms in total. The molecule has 1 heterocycles. The number of hydrogen-bond donors (Lipinski definition) is 1. The molecule has 3 aromatic carbocycles. The van der Waals surface area contributed by atoms with Gasteiger partial charge in [0.1, 0.15) is 5.75 Å². The molecule has 4 rings (SSSR count). The molecule has 3 aromatic rings. The van der Waals surface area contributed by atoms with E-state index in [4.69, 9.17) is 8.92 Å². The largest absolute Gasteiger partial charge is 0.497 e. The Balaban J connectivity index is 1.72. The van der Waals surface area contributed by atoms with Crippen molar-refractivity contribution in [1.82, 2.24) is 4.72 Å². The first-order chi connectivity index (χ1) is 12.7. The maximum atomic E-state index is 11.9. The molecule has 2 atom stereocenters. The highest BCUT2D eigenvalue weighted by Crippen LogP contribution is 2.39. The van der Waals surface area contributed by atoms with E-state index in [-0.39, 0.29) is 6.04 Å². The molecule has 0 spiro atoms. The predicted octanol–water partition coefficient (Wildman–Crippen LogP) is 4.65. The molecule has 1 N–H and O–H groups in total. The second kappa shape index (κ2) is 6.94. The maximum Gasteiger partial charge on any atom is 0.288 e. The van der Waals surface area contributed by atoms with Gasteiger partial charge < -0.3 is 8.92 Å². The van der Waals surface area contributed by atoms with E-state index in [1.807, 2.05) is 43.3 Å². The van der Waals surface area contributed by atoms with E-state index in [2.05, 4.69) is 35.1 Å². The summed E-state index contributed by atoms with van der Waals surface area (Å²) in [7, 11) is 1.67. The summed E-state index contributed by atoms with van der Waals surface area (Å²) < 4.78 is 25.7. The zero-order valence-electron chi connectivity index (χ0n) is 14.6. The maximum absolute atomic E-state index is 11.9. The van der Waals surface area contributed by atoms with Crippen LogP contribution < -0.4 is 13.6 Å². The third kappa shape index (κ3) is 3.11. The van der Waals surface area contributed by atoms with Gasteiger partial charge in [-0.15, -0.1) is 0 Å². The Morgan fingerprint density at radius 1 is 0.962 bits per heavy atom. The van der Waals surface area contributed by atoms with Crippen LogP contribution in [-0.4, -0.2) is 11.3 Å². The van der Waals surface area contributed by atoms with Crippen molar-refractivity contribution in [2.45, 2.75) is 13.0 Å². The highest BCUT2D eigenvalue weighted by molar-refractivity contribution is 7.78. The zero-order valence-corrected chi connectivity index (χ0v) is 15.4. The van der Waals surface area contributed by atoms with Gasteiger partial charge in [0, 0.05) is 17.2 Å². The summed E-state index contributed by atoms with van der Waals surface area (Å²) in [6.07, 6.45) is 0. The molecule has 0 radical (unpaired) electrons. The number of fused-ring (bicyclic) bond motifs is 1. The van der Waals surface area contributed by atoms with Gasteiger partial charge in [-0.25, -0.2) is 0 Å². The average molecular weight is 365 g/mol. The molecule has 5 heteroatoms. The first-order valence-corrected chi connectivity index (χ1v) is 9.47. The molecule has 0 amide bonds. The lowest BCUT2D eigenvalue weighted by Gasteiger charge is -2.24. The molecule has 0 aromatic heterocycles. The minimum Gasteiger partial charge on any atom is -0.497 e. The molecule has 26 heavy (non-hydrogen) atoms. The number of ether oxygens (including phenoxy) is 1. The molecule has 0 fully saturated rings. The third-order valence-corrected chi connectivity index (χ3v) is 5.41. The third-order valence-electron chi connectivity index (χ3n) is 4.54. The van der Waals surface area contributed by atoms with Crippen molar-refractivity contribution in [3.8, 4) is 33.8 Å². The Kier molecular flexibility index (Phi) is 4.49. The molecular weight excluding hydrogens is 346 g/mol. The van der Waals surface area contributed by atoms with Crippen molar-refractivity contribution < 1.29 is 13.1 Å². The normalized spacial score (nSPS) is 18.7. The minimum atomic E-state index is -1.52. The number of para-hydroxylation sites is 1. The molecular formula is C21H19NO3S. The lowest BCUT2D eigenvalue weighted by atomic mass is 9.96. The van der Waals surface area contributed by atoms with Gasteiger partial charge in [0.25, 0.3) is 11.3 Å². The van der Waals surface area contributed by atoms with Crippen molar-refractivity contribution in [2.24, 2.45) is 0 Å². The van der Waals surface area contributed by atoms with Gasteiger partial charge in [0.2, 0.25) is 0 Å². The lowest BCUT2D eigenvalue weighted by Crippen LogP contribution is -2.30. The van der Waals surface area contributed by atoms with Crippen LogP contribution in [0.4, 0.5) is 0 Å². The Morgan fingerprint density at radius 2 is 1.69 bits per heavy atom. The molecule has 1 aliphatic heterocycles. The second-order valence-corrected chi connectivity index (χ2v) is 7.06. The summed E-state index contributed by atoms with van der Waals surface area (Å²) in [5.41, 5.74) is 5.19. The fraction of sp³-hybridized carbons (Fsp3) is 0.143. The van der Waals surface area contributed by atoms with Crippen molar-refractivity contribution in [3.63, 3.8) is 0 Å². The standard InChI is InChI=1S/C21H19NO3S/c1-14-19-7-4-8-20(21(19)25-26(23)22-14)16-11-9-15(10-12-16)17-5-3-6-18(13-17)24-2/h3-14,22H,1-2H3. The summed E-state index contributed by atoms with van der Waals surface area (Å²) >= 11 is -1.52. The highest BCUT2D eigenvalue weighted by atomic mass is 32.2. The minimum absolute atomic E-state index is 0.0180. The average Bonchev–Trinajstić information content (AvgIpc) is 2.68. The van der Waals surface area contributed by atoms with E-state index in [0.717, 1.165) is 33.6 Å². The summed E-state index contributed by atoms with van der Waals surface area (Å²) in [5.74, 6) is 1.52. The van der Waals surface area contributed by atoms with E-state index in [0.29, 0.717) is 5.75 Å². The van der Waals surface area contributed by atoms with Crippen LogP contribution in [0.25, 0.3) is 22.3 Å². The SMILES string of the molecule is COc1cccc(-c2ccc(-c3cccc4c3OS(=O)NC4C)cc2)c1. The first kappa shape index (κ1) is 16.8. The van der Waals surface area contributed by atoms with Crippen molar-refractivity contribution in [2.75, 3.05) is 7.11 Å². The van der Waals surface area contributed by atoms with Crippen LogP contribution in [0.1, 0.15) is 18.5 Å². The summed E-state index contributed by atoms with van der Waals surface area (Å²) in [4.78, 5) is 0. The van der Waals surface area contributed by atoms with E-state index in [9.17, 15) is 4.21 Å². The topological polar surface area (TPSA) is 47.6 Å². The van der Waals surface area contributed by atoms with Gasteiger partial charge >= 0.3 is 0 Å². The van der Waals surface area contributed by atoms with Crippen LogP contribution >= 0.6 is 0 Å². The Bertz CT molecular complexity index is 969. The van der Waals surface area contributed by atoms with Crippen molar-refractivity contribution >= 4 is 11.3 Å². The number of benzene rings is 3. The number of nitrogens with one attached hydrogen (secondary N) is 1. The van der Waals surface area contributed by atoms with Crippen LogP contribution in [0, 0.1) is 0 Å². The quantitative estimate of drug-likeness (QED) is 0.735. The van der Waals surface area contributed by atoms with Gasteiger partial charge in [-0.3, -0.25) is 0 Å². The van der Waals surface area contributed by atoms with Gasteiger partial charge in [0.05, 0.1) is 7.11 Å². The number of methoxy groups -OCH3 is 1. The van der Waals surface area contributed by atoms with Gasteiger partial charge in [-0.1, -0.05) is 54.6 Å². The van der Waals surface area contributed by atoms with Gasteiger partial charge in [-0.05, 0) is 35.7 Å². The van der Waals surface area contributed by atoms with Crippen molar-refractivity contribution in [3.05, 3.63) is 72.3 Å². The van der Waals surface area contributed by atoms with Crippen LogP contribution in [0.15, 0.2) is 66.7 Å². The molecule has 1 aliphatic rings. The fourth-order valence-corrected chi connectivity index (χ4v) is 3.97. The summed E-state index contributed by atoms with van der Waals surface area (Å²) in [6, 6.07) is 22.2. The van der Waals surface area contributed by atoms with Gasteiger partial charge in [-0.2, -0.15) is 8.93 Å². The Hall–Kier alpha value is -2.63. The number of rotatable bonds is 3. The van der Waals surface area contributed by atoms with E-state index in [1.165, 1.54) is 0 Å². The molecule has 132 valence electrons. The van der Waals surface area contributed by atoms with Gasteiger partial charge in [0.15, 0.2) is 5.75 Å². The molecule has 0 aliphatic carbocycles. The van der Waals surface area contributed by atoms with Crippen LogP contribution in [0.5, 0.6) is 11.5 Å². The van der Waals surface area contributed by atoms with Crippen LogP contribution in [-0.2, 0) is 11.3 Å². The molecule has 2 unspecified atom stereocenters. The lowest BCUT2D eigenvalue weighted by molar-refractivity contribution is 0.415. The summed E-state index contributed by atoms with van der Waals surface area (Å²) in [6.45, 7) is 1.98.